The second-order valence-electron chi connectivity index (χ2n) is 4.90. The lowest BCUT2D eigenvalue weighted by Gasteiger charge is -2.28. The van der Waals surface area contributed by atoms with Crippen LogP contribution in [-0.4, -0.2) is 29.4 Å². The molecule has 1 aliphatic rings. The summed E-state index contributed by atoms with van der Waals surface area (Å²) in [6.07, 6.45) is 2.03. The monoisotopic (exact) mass is 265 g/mol. The van der Waals surface area contributed by atoms with Crippen molar-refractivity contribution in [1.29, 1.82) is 0 Å². The van der Waals surface area contributed by atoms with Crippen LogP contribution in [0.4, 0.5) is 0 Å². The van der Waals surface area contributed by atoms with Crippen molar-refractivity contribution in [3.05, 3.63) is 29.8 Å². The first-order valence-corrected chi connectivity index (χ1v) is 7.19. The number of carbonyl (C=O) groups is 1. The molecule has 1 aromatic rings. The number of hydrogen-bond donors (Lipinski definition) is 2. The van der Waals surface area contributed by atoms with Gasteiger partial charge in [0.1, 0.15) is 5.54 Å². The fraction of sp³-hybridized carbons (Fsp3) is 0.500. The number of benzene rings is 1. The fourth-order valence-electron chi connectivity index (χ4n) is 2.15. The molecule has 0 radical (unpaired) electrons. The number of nitrogens with one attached hydrogen (secondary N) is 1. The van der Waals surface area contributed by atoms with Crippen LogP contribution in [0.25, 0.3) is 0 Å². The van der Waals surface area contributed by atoms with Gasteiger partial charge < -0.3 is 10.4 Å². The molecule has 1 unspecified atom stereocenters. The highest BCUT2D eigenvalue weighted by Crippen LogP contribution is 2.42. The first-order chi connectivity index (χ1) is 8.58. The minimum atomic E-state index is -0.768. The highest BCUT2D eigenvalue weighted by Gasteiger charge is 2.50. The third kappa shape index (κ3) is 2.70. The van der Waals surface area contributed by atoms with E-state index < -0.39 is 11.5 Å². The molecule has 0 spiro atoms. The molecule has 0 saturated heterocycles. The Bertz CT molecular complexity index is 428. The normalized spacial score (nSPS) is 18.3. The van der Waals surface area contributed by atoms with Crippen LogP contribution in [0.15, 0.2) is 29.2 Å². The minimum absolute atomic E-state index is 0.276. The molecular weight excluding hydrogens is 246 g/mol. The van der Waals surface area contributed by atoms with Gasteiger partial charge in [-0.3, -0.25) is 4.79 Å². The lowest BCUT2D eigenvalue weighted by Crippen LogP contribution is -2.54. The first-order valence-electron chi connectivity index (χ1n) is 6.20. The van der Waals surface area contributed by atoms with Crippen LogP contribution in [0.3, 0.4) is 0 Å². The van der Waals surface area contributed by atoms with E-state index in [-0.39, 0.29) is 5.92 Å². The van der Waals surface area contributed by atoms with Crippen LogP contribution >= 0.6 is 11.8 Å². The second kappa shape index (κ2) is 5.33. The van der Waals surface area contributed by atoms with E-state index in [0.29, 0.717) is 5.75 Å². The Balaban J connectivity index is 2.06. The number of rotatable bonds is 6. The Morgan fingerprint density at radius 2 is 2.06 bits per heavy atom. The van der Waals surface area contributed by atoms with Crippen molar-refractivity contribution in [3.63, 3.8) is 0 Å². The molecule has 3 nitrogen and oxygen atoms in total. The van der Waals surface area contributed by atoms with Gasteiger partial charge in [-0.05, 0) is 44.9 Å². The van der Waals surface area contributed by atoms with Crippen molar-refractivity contribution in [2.75, 3.05) is 12.8 Å². The highest BCUT2D eigenvalue weighted by atomic mass is 32.2. The van der Waals surface area contributed by atoms with Crippen molar-refractivity contribution >= 4 is 17.7 Å². The predicted octanol–water partition coefficient (Wildman–Crippen LogP) is 2.54. The van der Waals surface area contributed by atoms with Crippen molar-refractivity contribution in [2.45, 2.75) is 30.2 Å². The Labute approximate surface area is 112 Å². The van der Waals surface area contributed by atoms with Gasteiger partial charge in [-0.25, -0.2) is 0 Å². The summed E-state index contributed by atoms with van der Waals surface area (Å²) in [6.45, 7) is 2.05. The molecule has 0 amide bonds. The average Bonchev–Trinajstić information content (AvgIpc) is 3.17. The topological polar surface area (TPSA) is 49.3 Å². The summed E-state index contributed by atoms with van der Waals surface area (Å²) in [4.78, 5) is 12.7. The van der Waals surface area contributed by atoms with E-state index in [1.807, 2.05) is 6.92 Å². The number of likely N-dealkylation sites (N-methyl/N-ethyl adjacent to an activating group) is 1. The van der Waals surface area contributed by atoms with Crippen molar-refractivity contribution in [3.8, 4) is 0 Å². The number of aliphatic carboxylic acids is 1. The molecule has 2 N–H and O–H groups in total. The number of carboxylic acids is 1. The smallest absolute Gasteiger partial charge is 0.325 e. The summed E-state index contributed by atoms with van der Waals surface area (Å²) in [7, 11) is 1.75. The summed E-state index contributed by atoms with van der Waals surface area (Å²) < 4.78 is 0. The van der Waals surface area contributed by atoms with E-state index in [2.05, 4.69) is 29.6 Å². The summed E-state index contributed by atoms with van der Waals surface area (Å²) >= 11 is 1.61. The molecule has 1 aliphatic carbocycles. The summed E-state index contributed by atoms with van der Waals surface area (Å²) in [5.74, 6) is 0.122. The number of carboxylic acid groups (broad SMARTS) is 1. The quantitative estimate of drug-likeness (QED) is 0.776. The SMILES string of the molecule is CNC(CSc1ccc(C)cc1)(C(=O)O)C1CC1. The third-order valence-corrected chi connectivity index (χ3v) is 4.79. The standard InChI is InChI=1S/C14H19NO2S/c1-10-3-7-12(8-4-10)18-9-14(15-2,13(16)17)11-5-6-11/h3-4,7-8,11,15H,5-6,9H2,1-2H3,(H,16,17). The molecule has 4 heteroatoms. The van der Waals surface area contributed by atoms with Crippen LogP contribution in [0.5, 0.6) is 0 Å². The van der Waals surface area contributed by atoms with E-state index in [4.69, 9.17) is 0 Å². The highest BCUT2D eigenvalue weighted by molar-refractivity contribution is 7.99. The van der Waals surface area contributed by atoms with E-state index >= 15 is 0 Å². The summed E-state index contributed by atoms with van der Waals surface area (Å²) in [5.41, 5.74) is 0.454. The first kappa shape index (κ1) is 13.4. The third-order valence-electron chi connectivity index (χ3n) is 3.59. The molecule has 0 heterocycles. The van der Waals surface area contributed by atoms with E-state index in [0.717, 1.165) is 17.7 Å². The maximum absolute atomic E-state index is 11.5. The van der Waals surface area contributed by atoms with Gasteiger partial charge in [-0.2, -0.15) is 0 Å². The van der Waals surface area contributed by atoms with Gasteiger partial charge in [-0.15, -0.1) is 11.8 Å². The van der Waals surface area contributed by atoms with Crippen LogP contribution in [0.2, 0.25) is 0 Å². The van der Waals surface area contributed by atoms with Gasteiger partial charge in [0, 0.05) is 10.6 Å². The lowest BCUT2D eigenvalue weighted by molar-refractivity contribution is -0.144. The van der Waals surface area contributed by atoms with Crippen molar-refractivity contribution < 1.29 is 9.90 Å². The van der Waals surface area contributed by atoms with Crippen LogP contribution < -0.4 is 5.32 Å². The predicted molar refractivity (Wildman–Crippen MR) is 74.1 cm³/mol. The van der Waals surface area contributed by atoms with E-state index in [1.165, 1.54) is 5.56 Å². The average molecular weight is 265 g/mol. The summed E-state index contributed by atoms with van der Waals surface area (Å²) in [5, 5.41) is 12.5. The molecular formula is C14H19NO2S. The summed E-state index contributed by atoms with van der Waals surface area (Å²) in [6, 6.07) is 8.22. The molecule has 18 heavy (non-hydrogen) atoms. The molecule has 1 saturated carbocycles. The van der Waals surface area contributed by atoms with Crippen LogP contribution in [-0.2, 0) is 4.79 Å². The molecule has 0 bridgehead atoms. The Morgan fingerprint density at radius 3 is 2.50 bits per heavy atom. The molecule has 98 valence electrons. The number of aryl methyl sites for hydroxylation is 1. The number of thioether (sulfide) groups is 1. The lowest BCUT2D eigenvalue weighted by atomic mass is 9.96. The van der Waals surface area contributed by atoms with Gasteiger partial charge in [0.2, 0.25) is 0 Å². The second-order valence-corrected chi connectivity index (χ2v) is 5.95. The Kier molecular flexibility index (Phi) is 3.97. The zero-order valence-corrected chi connectivity index (χ0v) is 11.6. The van der Waals surface area contributed by atoms with Crippen molar-refractivity contribution in [2.24, 2.45) is 5.92 Å². The Morgan fingerprint density at radius 1 is 1.44 bits per heavy atom. The molecule has 1 atom stereocenters. The van der Waals surface area contributed by atoms with E-state index in [1.54, 1.807) is 18.8 Å². The fourth-order valence-corrected chi connectivity index (χ4v) is 3.37. The molecule has 1 fully saturated rings. The zero-order chi connectivity index (χ0) is 13.2. The Hall–Kier alpha value is -1.00. The molecule has 2 rings (SSSR count). The molecule has 0 aliphatic heterocycles. The maximum atomic E-state index is 11.5. The van der Waals surface area contributed by atoms with Crippen LogP contribution in [0, 0.1) is 12.8 Å². The number of hydrogen-bond acceptors (Lipinski definition) is 3. The van der Waals surface area contributed by atoms with Gasteiger partial charge in [0.25, 0.3) is 0 Å². The maximum Gasteiger partial charge on any atom is 0.325 e. The van der Waals surface area contributed by atoms with Crippen molar-refractivity contribution in [1.82, 2.24) is 5.32 Å². The largest absolute Gasteiger partial charge is 0.480 e. The minimum Gasteiger partial charge on any atom is -0.480 e. The molecule has 0 aromatic heterocycles. The van der Waals surface area contributed by atoms with Gasteiger partial charge in [0.05, 0.1) is 0 Å². The van der Waals surface area contributed by atoms with Gasteiger partial charge >= 0.3 is 5.97 Å². The van der Waals surface area contributed by atoms with Gasteiger partial charge in [-0.1, -0.05) is 17.7 Å². The molecule has 1 aromatic carbocycles. The van der Waals surface area contributed by atoms with E-state index in [9.17, 15) is 9.90 Å². The van der Waals surface area contributed by atoms with Gasteiger partial charge in [0.15, 0.2) is 0 Å². The zero-order valence-electron chi connectivity index (χ0n) is 10.8. The van der Waals surface area contributed by atoms with Crippen LogP contribution in [0.1, 0.15) is 18.4 Å².